The largest absolute Gasteiger partial charge is 0.492 e. The maximum Gasteiger partial charge on any atom is 0.261 e. The van der Waals surface area contributed by atoms with Crippen LogP contribution in [0, 0.1) is 0 Å². The van der Waals surface area contributed by atoms with Gasteiger partial charge < -0.3 is 16.2 Å². The minimum atomic E-state index is -0.513. The summed E-state index contributed by atoms with van der Waals surface area (Å²) in [6.07, 6.45) is 1.89. The maximum atomic E-state index is 10.9. The van der Waals surface area contributed by atoms with Crippen LogP contribution < -0.4 is 16.2 Å². The molecule has 0 aliphatic carbocycles. The molecule has 1 amide bonds. The molecule has 0 aliphatic rings. The summed E-state index contributed by atoms with van der Waals surface area (Å²) in [6, 6.07) is 0. The standard InChI is InChI=1S/C7H10N2O2S2/c1-11-4-3(8)5(6(9)10)13-7(4)12-2/h8H2,1-2H3,(H2,9,10). The molecule has 13 heavy (non-hydrogen) atoms. The van der Waals surface area contributed by atoms with Crippen molar-refractivity contribution in [2.75, 3.05) is 19.1 Å². The fourth-order valence-electron chi connectivity index (χ4n) is 0.918. The summed E-state index contributed by atoms with van der Waals surface area (Å²) in [5.74, 6) is 0.0346. The molecule has 0 aromatic carbocycles. The predicted molar refractivity (Wildman–Crippen MR) is 55.6 cm³/mol. The summed E-state index contributed by atoms with van der Waals surface area (Å²) in [5, 5.41) is 0. The van der Waals surface area contributed by atoms with Crippen molar-refractivity contribution in [3.63, 3.8) is 0 Å². The highest BCUT2D eigenvalue weighted by Crippen LogP contribution is 2.42. The third-order valence-corrected chi connectivity index (χ3v) is 3.78. The molecule has 1 rings (SSSR count). The average molecular weight is 218 g/mol. The Morgan fingerprint density at radius 2 is 2.23 bits per heavy atom. The van der Waals surface area contributed by atoms with E-state index in [9.17, 15) is 4.79 Å². The number of rotatable bonds is 3. The van der Waals surface area contributed by atoms with Gasteiger partial charge in [0.25, 0.3) is 5.91 Å². The highest BCUT2D eigenvalue weighted by Gasteiger charge is 2.19. The number of nitrogen functional groups attached to an aromatic ring is 1. The van der Waals surface area contributed by atoms with E-state index in [4.69, 9.17) is 16.2 Å². The van der Waals surface area contributed by atoms with Gasteiger partial charge >= 0.3 is 0 Å². The van der Waals surface area contributed by atoms with Crippen molar-refractivity contribution in [1.29, 1.82) is 0 Å². The molecule has 72 valence electrons. The molecule has 4 nitrogen and oxygen atoms in total. The molecule has 0 saturated heterocycles. The zero-order valence-corrected chi connectivity index (χ0v) is 8.92. The van der Waals surface area contributed by atoms with E-state index in [-0.39, 0.29) is 0 Å². The Hall–Kier alpha value is -0.880. The molecule has 0 radical (unpaired) electrons. The smallest absolute Gasteiger partial charge is 0.261 e. The second-order valence-electron chi connectivity index (χ2n) is 2.23. The van der Waals surface area contributed by atoms with Gasteiger partial charge in [0, 0.05) is 0 Å². The Kier molecular flexibility index (Phi) is 3.05. The molecule has 0 bridgehead atoms. The van der Waals surface area contributed by atoms with E-state index in [1.165, 1.54) is 30.2 Å². The molecule has 0 fully saturated rings. The molecule has 1 aromatic heterocycles. The Labute approximate surface area is 84.2 Å². The first kappa shape index (κ1) is 10.2. The van der Waals surface area contributed by atoms with E-state index in [1.807, 2.05) is 6.26 Å². The van der Waals surface area contributed by atoms with Crippen LogP contribution in [0.1, 0.15) is 9.67 Å². The number of carbonyl (C=O) groups excluding carboxylic acids is 1. The lowest BCUT2D eigenvalue weighted by atomic mass is 10.3. The maximum absolute atomic E-state index is 10.9. The molecule has 1 heterocycles. The molecule has 0 saturated carbocycles. The second-order valence-corrected chi connectivity index (χ2v) is 4.33. The molecule has 1 aromatic rings. The van der Waals surface area contributed by atoms with Crippen molar-refractivity contribution in [2.24, 2.45) is 5.73 Å². The highest BCUT2D eigenvalue weighted by molar-refractivity contribution is 8.00. The second kappa shape index (κ2) is 3.89. The lowest BCUT2D eigenvalue weighted by Crippen LogP contribution is -2.10. The average Bonchev–Trinajstić information content (AvgIpc) is 2.41. The van der Waals surface area contributed by atoms with Crippen molar-refractivity contribution in [1.82, 2.24) is 0 Å². The van der Waals surface area contributed by atoms with Crippen molar-refractivity contribution >= 4 is 34.7 Å². The van der Waals surface area contributed by atoms with Crippen molar-refractivity contribution in [2.45, 2.75) is 4.21 Å². The summed E-state index contributed by atoms with van der Waals surface area (Å²) < 4.78 is 5.92. The van der Waals surface area contributed by atoms with Gasteiger partial charge in [0.15, 0.2) is 5.75 Å². The van der Waals surface area contributed by atoms with Crippen LogP contribution in [0.5, 0.6) is 5.75 Å². The van der Waals surface area contributed by atoms with Gasteiger partial charge in [-0.15, -0.1) is 23.1 Å². The Morgan fingerprint density at radius 3 is 2.54 bits per heavy atom. The SMILES string of the molecule is COc1c(SC)sc(C(N)=O)c1N. The number of thioether (sulfide) groups is 1. The van der Waals surface area contributed by atoms with Gasteiger partial charge in [-0.05, 0) is 6.26 Å². The summed E-state index contributed by atoms with van der Waals surface area (Å²) in [4.78, 5) is 11.3. The number of ether oxygens (including phenoxy) is 1. The number of nitrogens with two attached hydrogens (primary N) is 2. The van der Waals surface area contributed by atoms with Crippen molar-refractivity contribution < 1.29 is 9.53 Å². The van der Waals surface area contributed by atoms with Gasteiger partial charge in [0.1, 0.15) is 9.09 Å². The number of carbonyl (C=O) groups is 1. The van der Waals surface area contributed by atoms with Crippen LogP contribution in [-0.2, 0) is 0 Å². The topological polar surface area (TPSA) is 78.3 Å². The number of hydrogen-bond donors (Lipinski definition) is 2. The van der Waals surface area contributed by atoms with Gasteiger partial charge in [0.05, 0.1) is 12.8 Å². The number of methoxy groups -OCH3 is 1. The first-order valence-corrected chi connectivity index (χ1v) is 5.46. The summed E-state index contributed by atoms with van der Waals surface area (Å²) >= 11 is 2.74. The summed E-state index contributed by atoms with van der Waals surface area (Å²) in [5.41, 5.74) is 11.1. The van der Waals surface area contributed by atoms with Crippen LogP contribution in [0.2, 0.25) is 0 Å². The van der Waals surface area contributed by atoms with Gasteiger partial charge in [-0.2, -0.15) is 0 Å². The first-order chi connectivity index (χ1) is 6.11. The van der Waals surface area contributed by atoms with Crippen molar-refractivity contribution in [3.8, 4) is 5.75 Å². The predicted octanol–water partition coefficient (Wildman–Crippen LogP) is 1.16. The number of thiophene rings is 1. The zero-order chi connectivity index (χ0) is 10.0. The fourth-order valence-corrected chi connectivity index (χ4v) is 2.65. The minimum absolute atomic E-state index is 0.337. The molecule has 6 heteroatoms. The number of primary amides is 1. The molecular formula is C7H10N2O2S2. The van der Waals surface area contributed by atoms with Gasteiger partial charge in [0.2, 0.25) is 0 Å². The molecule has 0 unspecified atom stereocenters. The van der Waals surface area contributed by atoms with Crippen LogP contribution in [0.15, 0.2) is 4.21 Å². The van der Waals surface area contributed by atoms with E-state index in [1.54, 1.807) is 0 Å². The van der Waals surface area contributed by atoms with E-state index >= 15 is 0 Å². The number of anilines is 1. The lowest BCUT2D eigenvalue weighted by Gasteiger charge is -1.99. The number of hydrogen-bond acceptors (Lipinski definition) is 5. The van der Waals surface area contributed by atoms with E-state index in [0.29, 0.717) is 16.3 Å². The normalized spacial score (nSPS) is 10.0. The van der Waals surface area contributed by atoms with Crippen LogP contribution in [0.4, 0.5) is 5.69 Å². The molecule has 4 N–H and O–H groups in total. The van der Waals surface area contributed by atoms with Gasteiger partial charge in [-0.1, -0.05) is 0 Å². The van der Waals surface area contributed by atoms with Crippen LogP contribution in [0.3, 0.4) is 0 Å². The minimum Gasteiger partial charge on any atom is -0.492 e. The van der Waals surface area contributed by atoms with Crippen LogP contribution >= 0.6 is 23.1 Å². The lowest BCUT2D eigenvalue weighted by molar-refractivity contribution is 0.100. The summed E-state index contributed by atoms with van der Waals surface area (Å²) in [6.45, 7) is 0. The number of amides is 1. The zero-order valence-electron chi connectivity index (χ0n) is 7.29. The van der Waals surface area contributed by atoms with Crippen molar-refractivity contribution in [3.05, 3.63) is 4.88 Å². The van der Waals surface area contributed by atoms with Crippen LogP contribution in [-0.4, -0.2) is 19.3 Å². The molecule has 0 spiro atoms. The quantitative estimate of drug-likeness (QED) is 0.746. The summed E-state index contributed by atoms with van der Waals surface area (Å²) in [7, 11) is 1.52. The Bertz CT molecular complexity index is 335. The van der Waals surface area contributed by atoms with Gasteiger partial charge in [-0.3, -0.25) is 4.79 Å². The van der Waals surface area contributed by atoms with E-state index in [2.05, 4.69) is 0 Å². The third-order valence-electron chi connectivity index (χ3n) is 1.48. The van der Waals surface area contributed by atoms with E-state index < -0.39 is 5.91 Å². The molecule has 0 aliphatic heterocycles. The third kappa shape index (κ3) is 1.73. The monoisotopic (exact) mass is 218 g/mol. The molecule has 0 atom stereocenters. The Balaban J connectivity index is 3.26. The van der Waals surface area contributed by atoms with E-state index in [0.717, 1.165) is 4.21 Å². The van der Waals surface area contributed by atoms with Crippen LogP contribution in [0.25, 0.3) is 0 Å². The van der Waals surface area contributed by atoms with Gasteiger partial charge in [-0.25, -0.2) is 0 Å². The fraction of sp³-hybridized carbons (Fsp3) is 0.286. The highest BCUT2D eigenvalue weighted by atomic mass is 32.2. The molecular weight excluding hydrogens is 208 g/mol. The Morgan fingerprint density at radius 1 is 1.62 bits per heavy atom. The first-order valence-electron chi connectivity index (χ1n) is 3.41.